The lowest BCUT2D eigenvalue weighted by Crippen LogP contribution is -2.16. The quantitative estimate of drug-likeness (QED) is 0.760. The van der Waals surface area contributed by atoms with Crippen LogP contribution >= 0.6 is 0 Å². The molecule has 1 aromatic heterocycles. The van der Waals surface area contributed by atoms with Crippen LogP contribution in [0.5, 0.6) is 5.75 Å². The fourth-order valence-corrected chi connectivity index (χ4v) is 2.03. The van der Waals surface area contributed by atoms with E-state index < -0.39 is 0 Å². The zero-order valence-corrected chi connectivity index (χ0v) is 10.1. The Bertz CT molecular complexity index is 607. The molecule has 2 aromatic rings. The Kier molecular flexibility index (Phi) is 3.64. The van der Waals surface area contributed by atoms with Crippen molar-refractivity contribution < 1.29 is 9.84 Å². The molecule has 0 spiro atoms. The standard InChI is InChI=1S/C13H16N2O3/c1-2-18-11(7-14)8-3-5-10(16)13-9(8)4-6-12(17)15-13/h3-6,11,16H,2,7,14H2,1H3,(H,15,17)/t11-/m0/s1. The minimum atomic E-state index is -0.254. The van der Waals surface area contributed by atoms with Crippen LogP contribution in [0, 0.1) is 0 Å². The molecule has 0 aliphatic carbocycles. The van der Waals surface area contributed by atoms with Crippen LogP contribution in [0.1, 0.15) is 18.6 Å². The van der Waals surface area contributed by atoms with Gasteiger partial charge in [-0.15, -0.1) is 0 Å². The third kappa shape index (κ3) is 2.23. The van der Waals surface area contributed by atoms with E-state index in [0.717, 1.165) is 10.9 Å². The summed E-state index contributed by atoms with van der Waals surface area (Å²) in [4.78, 5) is 13.9. The molecule has 1 atom stereocenters. The van der Waals surface area contributed by atoms with E-state index in [1.807, 2.05) is 6.92 Å². The van der Waals surface area contributed by atoms with E-state index in [9.17, 15) is 9.90 Å². The maximum absolute atomic E-state index is 11.3. The van der Waals surface area contributed by atoms with Gasteiger partial charge in [0.25, 0.3) is 0 Å². The summed E-state index contributed by atoms with van der Waals surface area (Å²) < 4.78 is 5.56. The first kappa shape index (κ1) is 12.6. The van der Waals surface area contributed by atoms with Gasteiger partial charge in [0.1, 0.15) is 5.75 Å². The van der Waals surface area contributed by atoms with Gasteiger partial charge < -0.3 is 20.6 Å². The molecule has 0 aliphatic heterocycles. The SMILES string of the molecule is CCO[C@@H](CN)c1ccc(O)c2[nH]c(=O)ccc12. The highest BCUT2D eigenvalue weighted by molar-refractivity contribution is 5.87. The molecule has 4 N–H and O–H groups in total. The fourth-order valence-electron chi connectivity index (χ4n) is 2.03. The molecule has 0 aliphatic rings. The van der Waals surface area contributed by atoms with Gasteiger partial charge in [0.15, 0.2) is 0 Å². The minimum Gasteiger partial charge on any atom is -0.506 e. The molecule has 5 heteroatoms. The average molecular weight is 248 g/mol. The number of benzene rings is 1. The van der Waals surface area contributed by atoms with E-state index in [4.69, 9.17) is 10.5 Å². The number of H-pyrrole nitrogens is 1. The molecule has 96 valence electrons. The predicted molar refractivity (Wildman–Crippen MR) is 69.7 cm³/mol. The van der Waals surface area contributed by atoms with Gasteiger partial charge in [-0.1, -0.05) is 6.07 Å². The molecule has 5 nitrogen and oxygen atoms in total. The molecule has 0 amide bonds. The van der Waals surface area contributed by atoms with Crippen LogP contribution in [0.25, 0.3) is 10.9 Å². The zero-order chi connectivity index (χ0) is 13.1. The molecule has 2 rings (SSSR count). The van der Waals surface area contributed by atoms with Gasteiger partial charge in [-0.05, 0) is 24.6 Å². The lowest BCUT2D eigenvalue weighted by atomic mass is 10.0. The summed E-state index contributed by atoms with van der Waals surface area (Å²) in [5.41, 5.74) is 6.72. The normalized spacial score (nSPS) is 12.8. The van der Waals surface area contributed by atoms with Crippen LogP contribution in [0.3, 0.4) is 0 Å². The zero-order valence-electron chi connectivity index (χ0n) is 10.1. The number of aromatic hydroxyl groups is 1. The second-order valence-corrected chi connectivity index (χ2v) is 3.96. The third-order valence-corrected chi connectivity index (χ3v) is 2.84. The lowest BCUT2D eigenvalue weighted by molar-refractivity contribution is 0.0698. The minimum absolute atomic E-state index is 0.0405. The maximum Gasteiger partial charge on any atom is 0.248 e. The van der Waals surface area contributed by atoms with E-state index >= 15 is 0 Å². The molecule has 0 bridgehead atoms. The topological polar surface area (TPSA) is 88.3 Å². The number of phenols is 1. The summed E-state index contributed by atoms with van der Waals surface area (Å²) in [6.07, 6.45) is -0.246. The lowest BCUT2D eigenvalue weighted by Gasteiger charge is -2.17. The number of pyridine rings is 1. The second-order valence-electron chi connectivity index (χ2n) is 3.96. The number of hydrogen-bond acceptors (Lipinski definition) is 4. The summed E-state index contributed by atoms with van der Waals surface area (Å²) in [7, 11) is 0. The highest BCUT2D eigenvalue weighted by atomic mass is 16.5. The molecule has 1 heterocycles. The molecule has 0 saturated carbocycles. The first-order valence-electron chi connectivity index (χ1n) is 5.84. The molecular formula is C13H16N2O3. The van der Waals surface area contributed by atoms with E-state index in [1.54, 1.807) is 12.1 Å². The maximum atomic E-state index is 11.3. The Hall–Kier alpha value is -1.85. The summed E-state index contributed by atoms with van der Waals surface area (Å²) in [6.45, 7) is 2.79. The van der Waals surface area contributed by atoms with E-state index in [2.05, 4.69) is 4.98 Å². The summed E-state index contributed by atoms with van der Waals surface area (Å²) >= 11 is 0. The number of nitrogens with two attached hydrogens (primary N) is 1. The molecule has 0 radical (unpaired) electrons. The van der Waals surface area contributed by atoms with Crippen molar-refractivity contribution in [3.8, 4) is 5.75 Å². The predicted octanol–water partition coefficient (Wildman–Crippen LogP) is 1.27. The molecule has 0 saturated heterocycles. The summed E-state index contributed by atoms with van der Waals surface area (Å²) in [5, 5.41) is 10.5. The molecule has 1 aromatic carbocycles. The van der Waals surface area contributed by atoms with Crippen LogP contribution in [0.4, 0.5) is 0 Å². The number of aromatic nitrogens is 1. The summed E-state index contributed by atoms with van der Waals surface area (Å²) in [5.74, 6) is 0.0405. The number of ether oxygens (including phenoxy) is 1. The Balaban J connectivity index is 2.65. The number of rotatable bonds is 4. The number of aromatic amines is 1. The van der Waals surface area contributed by atoms with Gasteiger partial charge in [-0.2, -0.15) is 0 Å². The third-order valence-electron chi connectivity index (χ3n) is 2.84. The van der Waals surface area contributed by atoms with E-state index in [1.165, 1.54) is 12.1 Å². The van der Waals surface area contributed by atoms with Crippen LogP contribution in [-0.2, 0) is 4.74 Å². The Labute approximate surface area is 104 Å². The van der Waals surface area contributed by atoms with Crippen molar-refractivity contribution >= 4 is 10.9 Å². The molecule has 18 heavy (non-hydrogen) atoms. The van der Waals surface area contributed by atoms with Gasteiger partial charge >= 0.3 is 0 Å². The smallest absolute Gasteiger partial charge is 0.248 e. The number of hydrogen-bond donors (Lipinski definition) is 3. The molecule has 0 fully saturated rings. The van der Waals surface area contributed by atoms with Gasteiger partial charge in [-0.3, -0.25) is 4.79 Å². The Morgan fingerprint density at radius 1 is 1.39 bits per heavy atom. The van der Waals surface area contributed by atoms with Crippen LogP contribution < -0.4 is 11.3 Å². The largest absolute Gasteiger partial charge is 0.506 e. The van der Waals surface area contributed by atoms with Crippen LogP contribution in [-0.4, -0.2) is 23.2 Å². The average Bonchev–Trinajstić information content (AvgIpc) is 2.37. The van der Waals surface area contributed by atoms with Crippen molar-refractivity contribution in [1.82, 2.24) is 4.98 Å². The fraction of sp³-hybridized carbons (Fsp3) is 0.308. The first-order valence-corrected chi connectivity index (χ1v) is 5.84. The molecular weight excluding hydrogens is 232 g/mol. The van der Waals surface area contributed by atoms with Crippen molar-refractivity contribution in [3.05, 3.63) is 40.2 Å². The van der Waals surface area contributed by atoms with Crippen molar-refractivity contribution in [2.45, 2.75) is 13.0 Å². The highest BCUT2D eigenvalue weighted by Gasteiger charge is 2.14. The first-order chi connectivity index (χ1) is 8.67. The van der Waals surface area contributed by atoms with Gasteiger partial charge in [0, 0.05) is 24.6 Å². The number of nitrogens with one attached hydrogen (secondary N) is 1. The van der Waals surface area contributed by atoms with Crippen molar-refractivity contribution in [3.63, 3.8) is 0 Å². The van der Waals surface area contributed by atoms with Crippen LogP contribution in [0.2, 0.25) is 0 Å². The Morgan fingerprint density at radius 3 is 2.83 bits per heavy atom. The van der Waals surface area contributed by atoms with Gasteiger partial charge in [0.2, 0.25) is 5.56 Å². The van der Waals surface area contributed by atoms with Gasteiger partial charge in [-0.25, -0.2) is 0 Å². The summed E-state index contributed by atoms with van der Waals surface area (Å²) in [6, 6.07) is 6.40. The number of fused-ring (bicyclic) bond motifs is 1. The van der Waals surface area contributed by atoms with Crippen molar-refractivity contribution in [2.75, 3.05) is 13.2 Å². The second kappa shape index (κ2) is 5.20. The van der Waals surface area contributed by atoms with Crippen LogP contribution in [0.15, 0.2) is 29.1 Å². The van der Waals surface area contributed by atoms with E-state index in [0.29, 0.717) is 18.7 Å². The molecule has 0 unspecified atom stereocenters. The number of phenolic OH excluding ortho intramolecular Hbond substituents is 1. The van der Waals surface area contributed by atoms with Crippen molar-refractivity contribution in [1.29, 1.82) is 0 Å². The van der Waals surface area contributed by atoms with E-state index in [-0.39, 0.29) is 17.4 Å². The van der Waals surface area contributed by atoms with Crippen molar-refractivity contribution in [2.24, 2.45) is 5.73 Å². The highest BCUT2D eigenvalue weighted by Crippen LogP contribution is 2.29. The van der Waals surface area contributed by atoms with Gasteiger partial charge in [0.05, 0.1) is 11.6 Å². The monoisotopic (exact) mass is 248 g/mol. The Morgan fingerprint density at radius 2 is 2.17 bits per heavy atom.